The molecule has 4 rings (SSSR count). The molecule has 4 heterocycles. The average molecular weight is 363 g/mol. The van der Waals surface area contributed by atoms with Gasteiger partial charge in [-0.25, -0.2) is 0 Å². The van der Waals surface area contributed by atoms with Crippen molar-refractivity contribution in [3.63, 3.8) is 0 Å². The predicted molar refractivity (Wildman–Crippen MR) is 105 cm³/mol. The zero-order valence-electron chi connectivity index (χ0n) is 14.8. The lowest BCUT2D eigenvalue weighted by Gasteiger charge is -2.28. The van der Waals surface area contributed by atoms with E-state index in [2.05, 4.69) is 63.0 Å². The molecule has 0 saturated carbocycles. The standard InChI is InChI=1S/C20H21N5S/c1-14-8-9-17(24(14)2)19-18(16-7-3-4-11-22-16)23-20(26)25(19)13-15-6-5-10-21-12-15/h3-12,18-19H,13H2,1-2H3,(H,23,26)/t18-,19+/m1/s1. The summed E-state index contributed by atoms with van der Waals surface area (Å²) in [4.78, 5) is 11.1. The van der Waals surface area contributed by atoms with Gasteiger partial charge in [-0.1, -0.05) is 12.1 Å². The summed E-state index contributed by atoms with van der Waals surface area (Å²) in [5, 5.41) is 4.23. The minimum absolute atomic E-state index is 0.00775. The van der Waals surface area contributed by atoms with Gasteiger partial charge in [-0.2, -0.15) is 0 Å². The number of nitrogens with zero attached hydrogens (tertiary/aromatic N) is 4. The molecular weight excluding hydrogens is 342 g/mol. The van der Waals surface area contributed by atoms with Gasteiger partial charge in [0.05, 0.1) is 17.8 Å². The second-order valence-electron chi connectivity index (χ2n) is 6.57. The SMILES string of the molecule is Cc1ccc([C@H]2[C@@H](c3ccccn3)NC(=S)N2Cc2cccnc2)n1C. The lowest BCUT2D eigenvalue weighted by Crippen LogP contribution is -2.30. The summed E-state index contributed by atoms with van der Waals surface area (Å²) in [6, 6.07) is 14.4. The highest BCUT2D eigenvalue weighted by Gasteiger charge is 2.41. The van der Waals surface area contributed by atoms with Gasteiger partial charge in [0, 0.05) is 43.6 Å². The van der Waals surface area contributed by atoms with Crippen LogP contribution in [0.15, 0.2) is 61.1 Å². The number of aromatic nitrogens is 3. The molecule has 1 saturated heterocycles. The molecule has 2 atom stereocenters. The highest BCUT2D eigenvalue weighted by Crippen LogP contribution is 2.39. The van der Waals surface area contributed by atoms with Crippen molar-refractivity contribution >= 4 is 17.3 Å². The van der Waals surface area contributed by atoms with Gasteiger partial charge in [0.25, 0.3) is 0 Å². The zero-order valence-corrected chi connectivity index (χ0v) is 15.6. The Labute approximate surface area is 158 Å². The number of hydrogen-bond donors (Lipinski definition) is 1. The van der Waals surface area contributed by atoms with Gasteiger partial charge in [0.1, 0.15) is 0 Å². The van der Waals surface area contributed by atoms with Crippen molar-refractivity contribution in [3.8, 4) is 0 Å². The Bertz CT molecular complexity index is 906. The predicted octanol–water partition coefficient (Wildman–Crippen LogP) is 3.30. The van der Waals surface area contributed by atoms with Crippen LogP contribution in [0.5, 0.6) is 0 Å². The third-order valence-corrected chi connectivity index (χ3v) is 5.34. The Morgan fingerprint density at radius 2 is 2.00 bits per heavy atom. The van der Waals surface area contributed by atoms with Gasteiger partial charge in [-0.15, -0.1) is 0 Å². The Kier molecular flexibility index (Phi) is 4.42. The van der Waals surface area contributed by atoms with Crippen molar-refractivity contribution < 1.29 is 0 Å². The van der Waals surface area contributed by atoms with E-state index in [1.54, 1.807) is 6.20 Å². The minimum atomic E-state index is 0.00775. The average Bonchev–Trinajstić information content (AvgIpc) is 3.17. The fourth-order valence-electron chi connectivity index (χ4n) is 3.52. The molecular formula is C20H21N5S. The third-order valence-electron chi connectivity index (χ3n) is 4.99. The van der Waals surface area contributed by atoms with Crippen LogP contribution in [0, 0.1) is 6.92 Å². The fourth-order valence-corrected chi connectivity index (χ4v) is 3.82. The topological polar surface area (TPSA) is 46.0 Å². The van der Waals surface area contributed by atoms with E-state index >= 15 is 0 Å². The minimum Gasteiger partial charge on any atom is -0.352 e. The number of thiocarbonyl (C=S) groups is 1. The molecule has 5 nitrogen and oxygen atoms in total. The second-order valence-corrected chi connectivity index (χ2v) is 6.96. The van der Waals surface area contributed by atoms with Crippen molar-refractivity contribution in [2.75, 3.05) is 0 Å². The first-order valence-corrected chi connectivity index (χ1v) is 9.05. The molecule has 26 heavy (non-hydrogen) atoms. The van der Waals surface area contributed by atoms with Crippen LogP contribution >= 0.6 is 12.2 Å². The molecule has 0 amide bonds. The highest BCUT2D eigenvalue weighted by molar-refractivity contribution is 7.80. The summed E-state index contributed by atoms with van der Waals surface area (Å²) in [6.45, 7) is 2.82. The summed E-state index contributed by atoms with van der Waals surface area (Å²) < 4.78 is 2.23. The molecule has 3 aromatic heterocycles. The molecule has 132 valence electrons. The Morgan fingerprint density at radius 3 is 2.65 bits per heavy atom. The van der Waals surface area contributed by atoms with Gasteiger partial charge in [0.15, 0.2) is 5.11 Å². The Hall–Kier alpha value is -2.73. The smallest absolute Gasteiger partial charge is 0.170 e. The van der Waals surface area contributed by atoms with E-state index in [4.69, 9.17) is 12.2 Å². The Morgan fingerprint density at radius 1 is 1.12 bits per heavy atom. The molecule has 6 heteroatoms. The fraction of sp³-hybridized carbons (Fsp3) is 0.250. The molecule has 3 aromatic rings. The summed E-state index contributed by atoms with van der Waals surface area (Å²) in [5.41, 5.74) is 4.56. The van der Waals surface area contributed by atoms with Crippen molar-refractivity contribution in [2.45, 2.75) is 25.6 Å². The van der Waals surface area contributed by atoms with Crippen LogP contribution in [-0.4, -0.2) is 24.5 Å². The van der Waals surface area contributed by atoms with E-state index in [0.29, 0.717) is 6.54 Å². The van der Waals surface area contributed by atoms with Crippen LogP contribution in [0.25, 0.3) is 0 Å². The number of pyridine rings is 2. The van der Waals surface area contributed by atoms with Gasteiger partial charge in [0.2, 0.25) is 0 Å². The van der Waals surface area contributed by atoms with Gasteiger partial charge in [-0.3, -0.25) is 9.97 Å². The van der Waals surface area contributed by atoms with Crippen molar-refractivity contribution in [3.05, 3.63) is 83.7 Å². The van der Waals surface area contributed by atoms with E-state index in [1.807, 2.05) is 30.6 Å². The lowest BCUT2D eigenvalue weighted by atomic mass is 10.0. The lowest BCUT2D eigenvalue weighted by molar-refractivity contribution is 0.299. The van der Waals surface area contributed by atoms with Gasteiger partial charge in [-0.05, 0) is 55.0 Å². The first-order valence-electron chi connectivity index (χ1n) is 8.64. The maximum Gasteiger partial charge on any atom is 0.170 e. The second kappa shape index (κ2) is 6.88. The first-order chi connectivity index (χ1) is 12.6. The van der Waals surface area contributed by atoms with E-state index in [1.165, 1.54) is 11.4 Å². The number of aryl methyl sites for hydroxylation is 1. The normalized spacial score (nSPS) is 19.6. The quantitative estimate of drug-likeness (QED) is 0.721. The van der Waals surface area contributed by atoms with Crippen molar-refractivity contribution in [1.82, 2.24) is 24.8 Å². The molecule has 1 aliphatic heterocycles. The molecule has 0 aromatic carbocycles. The van der Waals surface area contributed by atoms with Crippen molar-refractivity contribution in [1.29, 1.82) is 0 Å². The van der Waals surface area contributed by atoms with Crippen molar-refractivity contribution in [2.24, 2.45) is 7.05 Å². The zero-order chi connectivity index (χ0) is 18.1. The number of nitrogens with one attached hydrogen (secondary N) is 1. The van der Waals surface area contributed by atoms with Crippen LogP contribution < -0.4 is 5.32 Å². The Balaban J connectivity index is 1.76. The van der Waals surface area contributed by atoms with Crippen LogP contribution in [0.3, 0.4) is 0 Å². The van der Waals surface area contributed by atoms with E-state index in [9.17, 15) is 0 Å². The van der Waals surface area contributed by atoms with Crippen LogP contribution in [-0.2, 0) is 13.6 Å². The van der Waals surface area contributed by atoms with Gasteiger partial charge < -0.3 is 14.8 Å². The summed E-state index contributed by atoms with van der Waals surface area (Å²) in [7, 11) is 2.10. The number of rotatable bonds is 4. The molecule has 0 spiro atoms. The van der Waals surface area contributed by atoms with Gasteiger partial charge >= 0.3 is 0 Å². The van der Waals surface area contributed by atoms with E-state index < -0.39 is 0 Å². The number of hydrogen-bond acceptors (Lipinski definition) is 3. The van der Waals surface area contributed by atoms with Crippen LogP contribution in [0.2, 0.25) is 0 Å². The maximum atomic E-state index is 5.70. The molecule has 0 bridgehead atoms. The first kappa shape index (κ1) is 16.7. The van der Waals surface area contributed by atoms with Crippen LogP contribution in [0.1, 0.15) is 34.7 Å². The molecule has 0 aliphatic carbocycles. The van der Waals surface area contributed by atoms with Crippen LogP contribution in [0.4, 0.5) is 0 Å². The van der Waals surface area contributed by atoms with E-state index in [-0.39, 0.29) is 12.1 Å². The summed E-state index contributed by atoms with van der Waals surface area (Å²) in [5.74, 6) is 0. The van der Waals surface area contributed by atoms with E-state index in [0.717, 1.165) is 16.4 Å². The molecule has 0 radical (unpaired) electrons. The largest absolute Gasteiger partial charge is 0.352 e. The molecule has 0 unspecified atom stereocenters. The summed E-state index contributed by atoms with van der Waals surface area (Å²) >= 11 is 5.70. The summed E-state index contributed by atoms with van der Waals surface area (Å²) in [6.07, 6.45) is 5.51. The molecule has 1 fully saturated rings. The molecule has 1 aliphatic rings. The molecule has 1 N–H and O–H groups in total. The maximum absolute atomic E-state index is 5.70. The highest BCUT2D eigenvalue weighted by atomic mass is 32.1. The monoisotopic (exact) mass is 363 g/mol. The third kappa shape index (κ3) is 2.97.